The lowest BCUT2D eigenvalue weighted by molar-refractivity contribution is 0.519. The lowest BCUT2D eigenvalue weighted by Crippen LogP contribution is -2.20. The Kier molecular flexibility index (Phi) is 6.32. The molecule has 1 aromatic carbocycles. The van der Waals surface area contributed by atoms with E-state index in [2.05, 4.69) is 68.9 Å². The lowest BCUT2D eigenvalue weighted by atomic mass is 10.0. The highest BCUT2D eigenvalue weighted by molar-refractivity contribution is 9.11. The Morgan fingerprint density at radius 2 is 1.94 bits per heavy atom. The maximum Gasteiger partial charge on any atom is 0.0323 e. The van der Waals surface area contributed by atoms with E-state index in [1.54, 1.807) is 0 Å². The molecule has 1 unspecified atom stereocenters. The topological polar surface area (TPSA) is 12.0 Å². The Morgan fingerprint density at radius 1 is 1.31 bits per heavy atom. The average molecular weight is 347 g/mol. The van der Waals surface area contributed by atoms with E-state index in [-0.39, 0.29) is 0 Å². The standard InChI is InChI=1S/C13H17Br2N/c1-3-5-6-13(16-4-2)10-7-11(14)9-12(15)8-10/h3,7-9,13,16H,1,4-6H2,2H3. The first-order valence-corrected chi connectivity index (χ1v) is 7.06. The highest BCUT2D eigenvalue weighted by Crippen LogP contribution is 2.26. The van der Waals surface area contributed by atoms with Gasteiger partial charge >= 0.3 is 0 Å². The van der Waals surface area contributed by atoms with E-state index in [4.69, 9.17) is 0 Å². The smallest absolute Gasteiger partial charge is 0.0323 e. The quantitative estimate of drug-likeness (QED) is 0.727. The van der Waals surface area contributed by atoms with Gasteiger partial charge in [-0.1, -0.05) is 44.9 Å². The van der Waals surface area contributed by atoms with Crippen LogP contribution in [0, 0.1) is 0 Å². The van der Waals surface area contributed by atoms with Crippen LogP contribution in [0.4, 0.5) is 0 Å². The minimum Gasteiger partial charge on any atom is -0.310 e. The third kappa shape index (κ3) is 4.40. The molecule has 0 heterocycles. The van der Waals surface area contributed by atoms with Crippen molar-refractivity contribution >= 4 is 31.9 Å². The van der Waals surface area contributed by atoms with Crippen LogP contribution in [-0.2, 0) is 0 Å². The Labute approximate surface area is 115 Å². The molecule has 1 rings (SSSR count). The van der Waals surface area contributed by atoms with Gasteiger partial charge in [0.25, 0.3) is 0 Å². The van der Waals surface area contributed by atoms with Crippen molar-refractivity contribution in [1.29, 1.82) is 0 Å². The zero-order valence-electron chi connectivity index (χ0n) is 9.47. The predicted molar refractivity (Wildman–Crippen MR) is 77.7 cm³/mol. The molecule has 1 aromatic rings. The maximum atomic E-state index is 3.78. The minimum absolute atomic E-state index is 0.400. The summed E-state index contributed by atoms with van der Waals surface area (Å²) in [5, 5.41) is 3.50. The van der Waals surface area contributed by atoms with Crippen LogP contribution in [0.3, 0.4) is 0 Å². The van der Waals surface area contributed by atoms with Gasteiger partial charge in [0.1, 0.15) is 0 Å². The van der Waals surface area contributed by atoms with Gasteiger partial charge in [-0.05, 0) is 43.1 Å². The number of allylic oxidation sites excluding steroid dienone is 1. The summed E-state index contributed by atoms with van der Waals surface area (Å²) >= 11 is 7.05. The van der Waals surface area contributed by atoms with Crippen LogP contribution in [0.15, 0.2) is 39.8 Å². The fourth-order valence-corrected chi connectivity index (χ4v) is 3.02. The molecule has 1 nitrogen and oxygen atoms in total. The largest absolute Gasteiger partial charge is 0.310 e. The van der Waals surface area contributed by atoms with Crippen molar-refractivity contribution in [3.05, 3.63) is 45.4 Å². The molecule has 3 heteroatoms. The van der Waals surface area contributed by atoms with Crippen LogP contribution < -0.4 is 5.32 Å². The molecule has 0 fully saturated rings. The van der Waals surface area contributed by atoms with Crippen molar-refractivity contribution < 1.29 is 0 Å². The monoisotopic (exact) mass is 345 g/mol. The molecule has 0 aliphatic heterocycles. The fraction of sp³-hybridized carbons (Fsp3) is 0.385. The van der Waals surface area contributed by atoms with E-state index in [0.717, 1.165) is 28.3 Å². The molecule has 0 amide bonds. The summed E-state index contributed by atoms with van der Waals surface area (Å²) in [5.74, 6) is 0. The van der Waals surface area contributed by atoms with Gasteiger partial charge in [-0.3, -0.25) is 0 Å². The van der Waals surface area contributed by atoms with Crippen molar-refractivity contribution in [3.63, 3.8) is 0 Å². The molecule has 0 aliphatic rings. The molecule has 88 valence electrons. The summed E-state index contributed by atoms with van der Waals surface area (Å²) in [6.45, 7) is 6.89. The highest BCUT2D eigenvalue weighted by Gasteiger charge is 2.10. The van der Waals surface area contributed by atoms with E-state index >= 15 is 0 Å². The van der Waals surface area contributed by atoms with Gasteiger partial charge in [-0.15, -0.1) is 6.58 Å². The Hall–Kier alpha value is -0.120. The second-order valence-corrected chi connectivity index (χ2v) is 5.51. The number of hydrogen-bond acceptors (Lipinski definition) is 1. The number of benzene rings is 1. The summed E-state index contributed by atoms with van der Waals surface area (Å²) in [5.41, 5.74) is 1.31. The third-order valence-corrected chi connectivity index (χ3v) is 3.31. The molecule has 1 N–H and O–H groups in total. The molecule has 0 radical (unpaired) electrons. The van der Waals surface area contributed by atoms with Gasteiger partial charge in [0.2, 0.25) is 0 Å². The lowest BCUT2D eigenvalue weighted by Gasteiger charge is -2.18. The number of nitrogens with one attached hydrogen (secondary N) is 1. The van der Waals surface area contributed by atoms with E-state index in [0.29, 0.717) is 6.04 Å². The Bertz CT molecular complexity index is 330. The molecule has 0 spiro atoms. The van der Waals surface area contributed by atoms with Gasteiger partial charge in [0.05, 0.1) is 0 Å². The van der Waals surface area contributed by atoms with Gasteiger partial charge in [0.15, 0.2) is 0 Å². The molecular formula is C13H17Br2N. The Balaban J connectivity index is 2.85. The first kappa shape index (κ1) is 13.9. The van der Waals surface area contributed by atoms with Gasteiger partial charge < -0.3 is 5.32 Å². The van der Waals surface area contributed by atoms with Crippen LogP contribution in [0.2, 0.25) is 0 Å². The SMILES string of the molecule is C=CCCC(NCC)c1cc(Br)cc(Br)c1. The van der Waals surface area contributed by atoms with E-state index in [9.17, 15) is 0 Å². The highest BCUT2D eigenvalue weighted by atomic mass is 79.9. The molecule has 0 saturated heterocycles. The molecule has 1 atom stereocenters. The first-order chi connectivity index (χ1) is 7.67. The van der Waals surface area contributed by atoms with Crippen LogP contribution in [0.25, 0.3) is 0 Å². The van der Waals surface area contributed by atoms with Crippen molar-refractivity contribution in [3.8, 4) is 0 Å². The predicted octanol–water partition coefficient (Wildman–Crippen LogP) is 4.83. The maximum absolute atomic E-state index is 3.78. The number of halogens is 2. The summed E-state index contributed by atoms with van der Waals surface area (Å²) in [6.07, 6.45) is 4.08. The Morgan fingerprint density at radius 3 is 2.44 bits per heavy atom. The fourth-order valence-electron chi connectivity index (χ4n) is 1.69. The normalized spacial score (nSPS) is 12.4. The number of hydrogen-bond donors (Lipinski definition) is 1. The molecule has 0 bridgehead atoms. The van der Waals surface area contributed by atoms with Crippen LogP contribution in [0.1, 0.15) is 31.4 Å². The molecule has 0 aromatic heterocycles. The van der Waals surface area contributed by atoms with Crippen molar-refractivity contribution in [2.24, 2.45) is 0 Å². The first-order valence-electron chi connectivity index (χ1n) is 5.47. The van der Waals surface area contributed by atoms with Crippen LogP contribution >= 0.6 is 31.9 Å². The number of rotatable bonds is 6. The summed E-state index contributed by atoms with van der Waals surface area (Å²) < 4.78 is 2.22. The van der Waals surface area contributed by atoms with E-state index < -0.39 is 0 Å². The van der Waals surface area contributed by atoms with Crippen LogP contribution in [-0.4, -0.2) is 6.54 Å². The molecular weight excluding hydrogens is 330 g/mol. The summed E-state index contributed by atoms with van der Waals surface area (Å²) in [6, 6.07) is 6.79. The second-order valence-electron chi connectivity index (χ2n) is 3.68. The van der Waals surface area contributed by atoms with Crippen molar-refractivity contribution in [2.75, 3.05) is 6.54 Å². The van der Waals surface area contributed by atoms with E-state index in [1.807, 2.05) is 6.08 Å². The molecule has 0 aliphatic carbocycles. The van der Waals surface area contributed by atoms with Gasteiger partial charge in [-0.25, -0.2) is 0 Å². The van der Waals surface area contributed by atoms with Gasteiger partial charge in [0, 0.05) is 15.0 Å². The zero-order valence-corrected chi connectivity index (χ0v) is 12.6. The third-order valence-electron chi connectivity index (χ3n) is 2.40. The molecule has 16 heavy (non-hydrogen) atoms. The average Bonchev–Trinajstić information content (AvgIpc) is 2.22. The van der Waals surface area contributed by atoms with Crippen molar-refractivity contribution in [1.82, 2.24) is 5.32 Å². The molecule has 0 saturated carbocycles. The van der Waals surface area contributed by atoms with Crippen molar-refractivity contribution in [2.45, 2.75) is 25.8 Å². The summed E-state index contributed by atoms with van der Waals surface area (Å²) in [7, 11) is 0. The van der Waals surface area contributed by atoms with Crippen LogP contribution in [0.5, 0.6) is 0 Å². The summed E-state index contributed by atoms with van der Waals surface area (Å²) in [4.78, 5) is 0. The van der Waals surface area contributed by atoms with E-state index in [1.165, 1.54) is 5.56 Å². The minimum atomic E-state index is 0.400. The zero-order chi connectivity index (χ0) is 12.0. The second kappa shape index (κ2) is 7.25. The van der Waals surface area contributed by atoms with Gasteiger partial charge in [-0.2, -0.15) is 0 Å².